The average molecular weight is 257 g/mol. The Kier molecular flexibility index (Phi) is 3.83. The smallest absolute Gasteiger partial charge is 0.137 e. The summed E-state index contributed by atoms with van der Waals surface area (Å²) in [5.41, 5.74) is 2.33. The van der Waals surface area contributed by atoms with Crippen LogP contribution in [0.3, 0.4) is 0 Å². The van der Waals surface area contributed by atoms with Gasteiger partial charge in [-0.2, -0.15) is 0 Å². The first-order chi connectivity index (χ1) is 9.36. The highest BCUT2D eigenvalue weighted by atomic mass is 14.9. The average Bonchev–Trinajstić information content (AvgIpc) is 2.89. The summed E-state index contributed by atoms with van der Waals surface area (Å²) in [6.45, 7) is 3.27. The quantitative estimate of drug-likeness (QED) is 0.878. The molecule has 2 aromatic heterocycles. The highest BCUT2D eigenvalue weighted by molar-refractivity contribution is 5.79. The Labute approximate surface area is 114 Å². The first-order valence-corrected chi connectivity index (χ1v) is 7.51. The van der Waals surface area contributed by atoms with Crippen molar-refractivity contribution in [1.29, 1.82) is 0 Å². The molecule has 0 amide bonds. The lowest BCUT2D eigenvalue weighted by Crippen LogP contribution is -2.32. The molecule has 3 heteroatoms. The van der Waals surface area contributed by atoms with Crippen LogP contribution < -0.4 is 5.32 Å². The van der Waals surface area contributed by atoms with Crippen LogP contribution in [0.5, 0.6) is 0 Å². The van der Waals surface area contributed by atoms with Gasteiger partial charge < -0.3 is 10.3 Å². The van der Waals surface area contributed by atoms with Crippen molar-refractivity contribution in [3.63, 3.8) is 0 Å². The molecule has 0 aromatic carbocycles. The fourth-order valence-electron chi connectivity index (χ4n) is 3.19. The van der Waals surface area contributed by atoms with E-state index in [0.717, 1.165) is 18.1 Å². The predicted octanol–water partition coefficient (Wildman–Crippen LogP) is 3.62. The van der Waals surface area contributed by atoms with E-state index in [-0.39, 0.29) is 0 Å². The second-order valence-electron chi connectivity index (χ2n) is 5.72. The molecule has 2 aromatic rings. The van der Waals surface area contributed by atoms with Gasteiger partial charge in [0.25, 0.3) is 0 Å². The van der Waals surface area contributed by atoms with Crippen molar-refractivity contribution in [1.82, 2.24) is 15.3 Å². The summed E-state index contributed by atoms with van der Waals surface area (Å²) < 4.78 is 0. The molecule has 102 valence electrons. The first kappa shape index (κ1) is 12.7. The molecule has 0 atom stereocenters. The van der Waals surface area contributed by atoms with Gasteiger partial charge in [-0.1, -0.05) is 13.3 Å². The van der Waals surface area contributed by atoms with E-state index < -0.39 is 0 Å². The van der Waals surface area contributed by atoms with Gasteiger partial charge in [0.05, 0.1) is 0 Å². The van der Waals surface area contributed by atoms with E-state index in [0.29, 0.717) is 6.04 Å². The van der Waals surface area contributed by atoms with Gasteiger partial charge in [-0.3, -0.25) is 0 Å². The molecule has 1 saturated carbocycles. The zero-order chi connectivity index (χ0) is 13.1. The number of H-pyrrole nitrogens is 1. The Bertz CT molecular complexity index is 524. The second kappa shape index (κ2) is 5.74. The standard InChI is InChI=1S/C16H23N3/c1-2-12-5-7-14(8-6-12)18-10-13-11-19-16-15(13)4-3-9-17-16/h3-4,9,11-12,14,18H,2,5-8,10H2,1H3,(H,17,19). The molecule has 0 unspecified atom stereocenters. The minimum atomic E-state index is 0.699. The van der Waals surface area contributed by atoms with Gasteiger partial charge in [0, 0.05) is 30.4 Å². The highest BCUT2D eigenvalue weighted by Gasteiger charge is 2.19. The topological polar surface area (TPSA) is 40.7 Å². The summed E-state index contributed by atoms with van der Waals surface area (Å²) in [4.78, 5) is 7.58. The van der Waals surface area contributed by atoms with Crippen LogP contribution in [0.25, 0.3) is 11.0 Å². The van der Waals surface area contributed by atoms with E-state index in [1.165, 1.54) is 43.1 Å². The molecule has 0 spiro atoms. The Balaban J connectivity index is 1.58. The van der Waals surface area contributed by atoms with Crippen molar-refractivity contribution in [2.24, 2.45) is 5.92 Å². The zero-order valence-electron chi connectivity index (χ0n) is 11.7. The lowest BCUT2D eigenvalue weighted by molar-refractivity contribution is 0.285. The number of aromatic amines is 1. The lowest BCUT2D eigenvalue weighted by atomic mass is 9.84. The Hall–Kier alpha value is -1.35. The fraction of sp³-hybridized carbons (Fsp3) is 0.562. The lowest BCUT2D eigenvalue weighted by Gasteiger charge is -2.28. The third-order valence-electron chi connectivity index (χ3n) is 4.54. The maximum Gasteiger partial charge on any atom is 0.137 e. The third-order valence-corrected chi connectivity index (χ3v) is 4.54. The van der Waals surface area contributed by atoms with Gasteiger partial charge in [0.1, 0.15) is 5.65 Å². The van der Waals surface area contributed by atoms with E-state index >= 15 is 0 Å². The van der Waals surface area contributed by atoms with Gasteiger partial charge in [0.15, 0.2) is 0 Å². The molecule has 1 aliphatic carbocycles. The number of nitrogens with one attached hydrogen (secondary N) is 2. The van der Waals surface area contributed by atoms with Crippen molar-refractivity contribution in [2.75, 3.05) is 0 Å². The maximum absolute atomic E-state index is 4.33. The fourth-order valence-corrected chi connectivity index (χ4v) is 3.19. The number of nitrogens with zero attached hydrogens (tertiary/aromatic N) is 1. The van der Waals surface area contributed by atoms with Gasteiger partial charge >= 0.3 is 0 Å². The molecule has 2 heterocycles. The monoisotopic (exact) mass is 257 g/mol. The van der Waals surface area contributed by atoms with E-state index in [2.05, 4.69) is 34.5 Å². The van der Waals surface area contributed by atoms with Crippen LogP contribution in [0.1, 0.15) is 44.6 Å². The van der Waals surface area contributed by atoms with Gasteiger partial charge in [-0.15, -0.1) is 0 Å². The van der Waals surface area contributed by atoms with Crippen molar-refractivity contribution >= 4 is 11.0 Å². The molecule has 3 nitrogen and oxygen atoms in total. The zero-order valence-corrected chi connectivity index (χ0v) is 11.7. The number of hydrogen-bond donors (Lipinski definition) is 2. The number of hydrogen-bond acceptors (Lipinski definition) is 2. The minimum absolute atomic E-state index is 0.699. The van der Waals surface area contributed by atoms with E-state index in [1.54, 1.807) is 0 Å². The van der Waals surface area contributed by atoms with Crippen LogP contribution in [-0.2, 0) is 6.54 Å². The molecular formula is C16H23N3. The summed E-state index contributed by atoms with van der Waals surface area (Å²) in [7, 11) is 0. The summed E-state index contributed by atoms with van der Waals surface area (Å²) in [6, 6.07) is 4.85. The number of pyridine rings is 1. The molecule has 2 N–H and O–H groups in total. The van der Waals surface area contributed by atoms with Crippen LogP contribution in [-0.4, -0.2) is 16.0 Å². The molecule has 0 radical (unpaired) electrons. The van der Waals surface area contributed by atoms with Gasteiger partial charge in [-0.05, 0) is 49.3 Å². The number of rotatable bonds is 4. The highest BCUT2D eigenvalue weighted by Crippen LogP contribution is 2.26. The molecule has 1 fully saturated rings. The van der Waals surface area contributed by atoms with Crippen LogP contribution in [0.15, 0.2) is 24.5 Å². The summed E-state index contributed by atoms with van der Waals surface area (Å²) in [5.74, 6) is 0.968. The summed E-state index contributed by atoms with van der Waals surface area (Å²) >= 11 is 0. The molecule has 0 aliphatic heterocycles. The summed E-state index contributed by atoms with van der Waals surface area (Å²) in [5, 5.41) is 4.96. The number of aromatic nitrogens is 2. The Morgan fingerprint density at radius 2 is 2.16 bits per heavy atom. The Morgan fingerprint density at radius 1 is 1.32 bits per heavy atom. The van der Waals surface area contributed by atoms with Crippen molar-refractivity contribution in [2.45, 2.75) is 51.6 Å². The van der Waals surface area contributed by atoms with Crippen molar-refractivity contribution in [3.05, 3.63) is 30.1 Å². The van der Waals surface area contributed by atoms with Crippen molar-refractivity contribution in [3.8, 4) is 0 Å². The van der Waals surface area contributed by atoms with Crippen LogP contribution in [0, 0.1) is 5.92 Å². The van der Waals surface area contributed by atoms with E-state index in [4.69, 9.17) is 0 Å². The maximum atomic E-state index is 4.33. The molecule has 1 aliphatic rings. The van der Waals surface area contributed by atoms with Gasteiger partial charge in [-0.25, -0.2) is 4.98 Å². The molecule has 0 saturated heterocycles. The Morgan fingerprint density at radius 3 is 2.95 bits per heavy atom. The van der Waals surface area contributed by atoms with E-state index in [1.807, 2.05) is 12.3 Å². The minimum Gasteiger partial charge on any atom is -0.346 e. The SMILES string of the molecule is CCC1CCC(NCc2c[nH]c3ncccc23)CC1. The molecule has 3 rings (SSSR count). The molecule has 0 bridgehead atoms. The van der Waals surface area contributed by atoms with Crippen LogP contribution in [0.4, 0.5) is 0 Å². The normalized spacial score (nSPS) is 23.8. The van der Waals surface area contributed by atoms with E-state index in [9.17, 15) is 0 Å². The largest absolute Gasteiger partial charge is 0.346 e. The van der Waals surface area contributed by atoms with Crippen LogP contribution >= 0.6 is 0 Å². The summed E-state index contributed by atoms with van der Waals surface area (Å²) in [6.07, 6.45) is 10.7. The predicted molar refractivity (Wildman–Crippen MR) is 79.0 cm³/mol. The first-order valence-electron chi connectivity index (χ1n) is 7.51. The molecule has 19 heavy (non-hydrogen) atoms. The van der Waals surface area contributed by atoms with Gasteiger partial charge in [0.2, 0.25) is 0 Å². The number of fused-ring (bicyclic) bond motifs is 1. The second-order valence-corrected chi connectivity index (χ2v) is 5.72. The molecular weight excluding hydrogens is 234 g/mol. The third kappa shape index (κ3) is 2.81. The van der Waals surface area contributed by atoms with Crippen LogP contribution in [0.2, 0.25) is 0 Å². The van der Waals surface area contributed by atoms with Crippen molar-refractivity contribution < 1.29 is 0 Å².